The molecule has 1 amide bonds. The Morgan fingerprint density at radius 3 is 2.52 bits per heavy atom. The highest BCUT2D eigenvalue weighted by molar-refractivity contribution is 7.99. The van der Waals surface area contributed by atoms with Crippen LogP contribution in [0.3, 0.4) is 0 Å². The molecule has 154 valence electrons. The van der Waals surface area contributed by atoms with E-state index in [9.17, 15) is 9.59 Å². The fourth-order valence-electron chi connectivity index (χ4n) is 2.95. The van der Waals surface area contributed by atoms with E-state index in [0.717, 1.165) is 5.69 Å². The van der Waals surface area contributed by atoms with Crippen LogP contribution in [0.1, 0.15) is 15.9 Å². The van der Waals surface area contributed by atoms with Gasteiger partial charge in [-0.15, -0.1) is 10.2 Å². The predicted octanol–water partition coefficient (Wildman–Crippen LogP) is 4.88. The molecule has 0 spiro atoms. The van der Waals surface area contributed by atoms with Crippen molar-refractivity contribution in [3.8, 4) is 5.69 Å². The van der Waals surface area contributed by atoms with Crippen molar-refractivity contribution in [3.63, 3.8) is 0 Å². The largest absolute Gasteiger partial charge is 0.325 e. The molecule has 4 aromatic rings. The molecule has 0 fully saturated rings. The molecule has 8 heteroatoms. The van der Waals surface area contributed by atoms with E-state index in [1.807, 2.05) is 30.3 Å². The zero-order valence-electron chi connectivity index (χ0n) is 16.2. The van der Waals surface area contributed by atoms with Crippen molar-refractivity contribution >= 4 is 40.7 Å². The molecule has 0 saturated carbocycles. The number of benzene rings is 3. The van der Waals surface area contributed by atoms with E-state index in [4.69, 9.17) is 11.6 Å². The minimum Gasteiger partial charge on any atom is -0.325 e. The second-order valence-electron chi connectivity index (χ2n) is 6.58. The zero-order valence-corrected chi connectivity index (χ0v) is 17.8. The Balaban J connectivity index is 1.40. The van der Waals surface area contributed by atoms with Gasteiger partial charge in [-0.05, 0) is 30.3 Å². The number of anilines is 1. The lowest BCUT2D eigenvalue weighted by molar-refractivity contribution is -0.113. The van der Waals surface area contributed by atoms with Gasteiger partial charge in [0.15, 0.2) is 10.9 Å². The van der Waals surface area contributed by atoms with Crippen LogP contribution in [0.15, 0.2) is 90.3 Å². The number of hydrogen-bond donors (Lipinski definition) is 1. The lowest BCUT2D eigenvalue weighted by Gasteiger charge is -2.08. The number of ketones is 1. The lowest BCUT2D eigenvalue weighted by Crippen LogP contribution is -2.15. The molecule has 0 unspecified atom stereocenters. The number of rotatable bonds is 7. The summed E-state index contributed by atoms with van der Waals surface area (Å²) in [5, 5.41) is 12.0. The topological polar surface area (TPSA) is 76.9 Å². The van der Waals surface area contributed by atoms with Gasteiger partial charge in [0.1, 0.15) is 6.33 Å². The molecule has 0 radical (unpaired) electrons. The van der Waals surface area contributed by atoms with E-state index in [1.165, 1.54) is 11.8 Å². The highest BCUT2D eigenvalue weighted by atomic mass is 35.5. The van der Waals surface area contributed by atoms with E-state index in [-0.39, 0.29) is 17.4 Å². The Morgan fingerprint density at radius 1 is 0.935 bits per heavy atom. The maximum Gasteiger partial charge on any atom is 0.234 e. The van der Waals surface area contributed by atoms with E-state index >= 15 is 0 Å². The molecule has 0 aliphatic heterocycles. The highest BCUT2D eigenvalue weighted by Crippen LogP contribution is 2.22. The van der Waals surface area contributed by atoms with Crippen LogP contribution in [0.2, 0.25) is 5.02 Å². The van der Waals surface area contributed by atoms with Crippen LogP contribution in [0.4, 0.5) is 5.69 Å². The maximum atomic E-state index is 12.6. The smallest absolute Gasteiger partial charge is 0.234 e. The molecule has 1 heterocycles. The predicted molar refractivity (Wildman–Crippen MR) is 122 cm³/mol. The monoisotopic (exact) mass is 448 g/mol. The molecule has 1 aromatic heterocycles. The van der Waals surface area contributed by atoms with Gasteiger partial charge in [0, 0.05) is 21.8 Å². The number of hydrogen-bond acceptors (Lipinski definition) is 5. The standard InChI is InChI=1S/C23H17ClN4O2S/c24-18-9-5-11-20(13-18)28-15-25-27-23(28)31-14-21(29)26-19-10-4-8-17(12-19)22(30)16-6-2-1-3-7-16/h1-13,15H,14H2,(H,26,29). The molecular weight excluding hydrogens is 432 g/mol. The molecule has 0 aliphatic rings. The summed E-state index contributed by atoms with van der Waals surface area (Å²) in [6, 6.07) is 23.2. The van der Waals surface area contributed by atoms with Crippen LogP contribution in [0, 0.1) is 0 Å². The van der Waals surface area contributed by atoms with Crippen molar-refractivity contribution in [2.24, 2.45) is 0 Å². The quantitative estimate of drug-likeness (QED) is 0.322. The minimum atomic E-state index is -0.213. The van der Waals surface area contributed by atoms with Crippen LogP contribution in [0.5, 0.6) is 0 Å². The maximum absolute atomic E-state index is 12.6. The average molecular weight is 449 g/mol. The third kappa shape index (κ3) is 5.20. The van der Waals surface area contributed by atoms with Gasteiger partial charge in [0.05, 0.1) is 11.4 Å². The van der Waals surface area contributed by atoms with Crippen molar-refractivity contribution in [2.45, 2.75) is 5.16 Å². The molecule has 0 atom stereocenters. The van der Waals surface area contributed by atoms with Crippen molar-refractivity contribution in [1.29, 1.82) is 0 Å². The third-order valence-corrected chi connectivity index (χ3v) is 5.56. The fourth-order valence-corrected chi connectivity index (χ4v) is 3.86. The summed E-state index contributed by atoms with van der Waals surface area (Å²) in [5.74, 6) is -0.175. The van der Waals surface area contributed by atoms with Gasteiger partial charge < -0.3 is 5.32 Å². The number of aromatic nitrogens is 3. The van der Waals surface area contributed by atoms with Gasteiger partial charge >= 0.3 is 0 Å². The van der Waals surface area contributed by atoms with Gasteiger partial charge in [-0.1, -0.05) is 71.9 Å². The Morgan fingerprint density at radius 2 is 1.71 bits per heavy atom. The first-order valence-electron chi connectivity index (χ1n) is 9.38. The van der Waals surface area contributed by atoms with Gasteiger partial charge in [0.25, 0.3) is 0 Å². The summed E-state index contributed by atoms with van der Waals surface area (Å²) in [6.45, 7) is 0. The van der Waals surface area contributed by atoms with Crippen molar-refractivity contribution in [1.82, 2.24) is 14.8 Å². The van der Waals surface area contributed by atoms with Crippen molar-refractivity contribution < 1.29 is 9.59 Å². The Kier molecular flexibility index (Phi) is 6.45. The zero-order chi connectivity index (χ0) is 21.6. The number of carbonyl (C=O) groups excluding carboxylic acids is 2. The first kappa shape index (κ1) is 20.8. The molecule has 3 aromatic carbocycles. The van der Waals surface area contributed by atoms with Crippen molar-refractivity contribution in [3.05, 3.63) is 101 Å². The number of carbonyl (C=O) groups is 2. The summed E-state index contributed by atoms with van der Waals surface area (Å²) in [4.78, 5) is 25.1. The van der Waals surface area contributed by atoms with Gasteiger partial charge in [0.2, 0.25) is 5.91 Å². The van der Waals surface area contributed by atoms with Crippen molar-refractivity contribution in [2.75, 3.05) is 11.1 Å². The van der Waals surface area contributed by atoms with E-state index in [0.29, 0.717) is 27.0 Å². The number of thioether (sulfide) groups is 1. The fraction of sp³-hybridized carbons (Fsp3) is 0.0435. The number of nitrogens with one attached hydrogen (secondary N) is 1. The molecular formula is C23H17ClN4O2S. The molecule has 4 rings (SSSR count). The number of halogens is 1. The van der Waals surface area contributed by atoms with Crippen LogP contribution in [-0.4, -0.2) is 32.2 Å². The SMILES string of the molecule is O=C(CSc1nncn1-c1cccc(Cl)c1)Nc1cccc(C(=O)c2ccccc2)c1. The molecule has 0 bridgehead atoms. The average Bonchev–Trinajstić information content (AvgIpc) is 3.27. The number of amides is 1. The third-order valence-electron chi connectivity index (χ3n) is 4.38. The van der Waals surface area contributed by atoms with Gasteiger partial charge in [-0.3, -0.25) is 14.2 Å². The number of nitrogens with zero attached hydrogens (tertiary/aromatic N) is 3. The van der Waals surface area contributed by atoms with Crippen LogP contribution >= 0.6 is 23.4 Å². The molecule has 0 aliphatic carbocycles. The van der Waals surface area contributed by atoms with Crippen LogP contribution < -0.4 is 5.32 Å². The lowest BCUT2D eigenvalue weighted by atomic mass is 10.0. The van der Waals surface area contributed by atoms with E-state index in [2.05, 4.69) is 15.5 Å². The normalized spacial score (nSPS) is 10.6. The van der Waals surface area contributed by atoms with E-state index in [1.54, 1.807) is 59.4 Å². The second kappa shape index (κ2) is 9.59. The van der Waals surface area contributed by atoms with Gasteiger partial charge in [-0.25, -0.2) is 0 Å². The van der Waals surface area contributed by atoms with Crippen LogP contribution in [-0.2, 0) is 4.79 Å². The first-order chi connectivity index (χ1) is 15.1. The summed E-state index contributed by atoms with van der Waals surface area (Å²) in [5.41, 5.74) is 2.48. The Labute approximate surface area is 188 Å². The van der Waals surface area contributed by atoms with E-state index < -0.39 is 0 Å². The second-order valence-corrected chi connectivity index (χ2v) is 7.96. The summed E-state index contributed by atoms with van der Waals surface area (Å²) in [7, 11) is 0. The highest BCUT2D eigenvalue weighted by Gasteiger charge is 2.13. The van der Waals surface area contributed by atoms with Crippen LogP contribution in [0.25, 0.3) is 5.69 Å². The molecule has 0 saturated heterocycles. The summed E-state index contributed by atoms with van der Waals surface area (Å²) >= 11 is 7.31. The minimum absolute atomic E-state index is 0.0966. The molecule has 1 N–H and O–H groups in total. The Hall–Kier alpha value is -3.42. The summed E-state index contributed by atoms with van der Waals surface area (Å²) in [6.07, 6.45) is 1.57. The summed E-state index contributed by atoms with van der Waals surface area (Å²) < 4.78 is 1.77. The van der Waals surface area contributed by atoms with Gasteiger partial charge in [-0.2, -0.15) is 0 Å². The first-order valence-corrected chi connectivity index (χ1v) is 10.7. The Bertz CT molecular complexity index is 1230. The molecule has 31 heavy (non-hydrogen) atoms. The molecule has 6 nitrogen and oxygen atoms in total.